The predicted octanol–water partition coefficient (Wildman–Crippen LogP) is 3.68. The maximum atomic E-state index is 12.5. The molecule has 0 fully saturated rings. The Kier molecular flexibility index (Phi) is 5.35. The van der Waals surface area contributed by atoms with Crippen molar-refractivity contribution < 1.29 is 8.78 Å². The lowest BCUT2D eigenvalue weighted by atomic mass is 10.3. The molecule has 0 atom stereocenters. The molecule has 0 heterocycles. The van der Waals surface area contributed by atoms with Crippen LogP contribution in [0.3, 0.4) is 0 Å². The molecule has 0 rings (SSSR count). The van der Waals surface area contributed by atoms with Gasteiger partial charge in [-0.25, -0.2) is 8.78 Å². The molecule has 0 aliphatic heterocycles. The van der Waals surface area contributed by atoms with Gasteiger partial charge >= 0.3 is 0 Å². The van der Waals surface area contributed by atoms with Gasteiger partial charge < -0.3 is 0 Å². The van der Waals surface area contributed by atoms with E-state index in [0.29, 0.717) is 6.42 Å². The summed E-state index contributed by atoms with van der Waals surface area (Å²) in [5, 5.41) is 0. The molecule has 0 saturated heterocycles. The van der Waals surface area contributed by atoms with Crippen LogP contribution in [-0.2, 0) is 0 Å². The SMILES string of the molecule is C\C=C/C(F)=C(F)\C=C\CC. The Hall–Kier alpha value is -0.920. The highest BCUT2D eigenvalue weighted by Gasteiger charge is 1.95. The molecule has 0 bridgehead atoms. The number of hydrogen-bond acceptors (Lipinski definition) is 0. The Morgan fingerprint density at radius 2 is 1.73 bits per heavy atom. The molecule has 0 spiro atoms. The molecule has 62 valence electrons. The van der Waals surface area contributed by atoms with Crippen LogP contribution < -0.4 is 0 Å². The van der Waals surface area contributed by atoms with Gasteiger partial charge in [0, 0.05) is 0 Å². The normalized spacial score (nSPS) is 14.5. The van der Waals surface area contributed by atoms with Crippen LogP contribution in [0, 0.1) is 0 Å². The maximum absolute atomic E-state index is 12.5. The zero-order chi connectivity index (χ0) is 8.69. The molecular weight excluding hydrogens is 146 g/mol. The van der Waals surface area contributed by atoms with Gasteiger partial charge in [-0.1, -0.05) is 19.1 Å². The van der Waals surface area contributed by atoms with Crippen molar-refractivity contribution in [2.75, 3.05) is 0 Å². The standard InChI is InChI=1S/C9H12F2/c1-3-5-7-9(11)8(10)6-4-2/h4-7H,3H2,1-2H3/b6-4-,7-5+,9-8-. The first-order valence-corrected chi connectivity index (χ1v) is 3.56. The van der Waals surface area contributed by atoms with E-state index in [1.807, 2.05) is 6.92 Å². The van der Waals surface area contributed by atoms with Crippen molar-refractivity contribution in [3.05, 3.63) is 36.0 Å². The van der Waals surface area contributed by atoms with E-state index in [9.17, 15) is 8.78 Å². The Labute approximate surface area is 65.9 Å². The second-order valence-electron chi connectivity index (χ2n) is 2.01. The zero-order valence-corrected chi connectivity index (χ0v) is 6.77. The van der Waals surface area contributed by atoms with Crippen LogP contribution in [0.5, 0.6) is 0 Å². The Morgan fingerprint density at radius 3 is 2.18 bits per heavy atom. The molecule has 0 aliphatic carbocycles. The minimum absolute atomic E-state index is 0.705. The summed E-state index contributed by atoms with van der Waals surface area (Å²) >= 11 is 0. The van der Waals surface area contributed by atoms with E-state index in [4.69, 9.17) is 0 Å². The molecule has 11 heavy (non-hydrogen) atoms. The van der Waals surface area contributed by atoms with Crippen molar-refractivity contribution in [3.63, 3.8) is 0 Å². The molecule has 0 amide bonds. The third kappa shape index (κ3) is 4.48. The fraction of sp³-hybridized carbons (Fsp3) is 0.333. The summed E-state index contributed by atoms with van der Waals surface area (Å²) in [7, 11) is 0. The highest BCUT2D eigenvalue weighted by molar-refractivity contribution is 5.22. The first-order chi connectivity index (χ1) is 5.22. The van der Waals surface area contributed by atoms with Gasteiger partial charge in [0.15, 0.2) is 11.7 Å². The highest BCUT2D eigenvalue weighted by atomic mass is 19.2. The summed E-state index contributed by atoms with van der Waals surface area (Å²) < 4.78 is 25.0. The van der Waals surface area contributed by atoms with Crippen LogP contribution in [-0.4, -0.2) is 0 Å². The lowest BCUT2D eigenvalue weighted by Gasteiger charge is -1.87. The van der Waals surface area contributed by atoms with Crippen molar-refractivity contribution in [1.29, 1.82) is 0 Å². The summed E-state index contributed by atoms with van der Waals surface area (Å²) in [4.78, 5) is 0. The summed E-state index contributed by atoms with van der Waals surface area (Å²) in [6.07, 6.45) is 5.95. The summed E-state index contributed by atoms with van der Waals surface area (Å²) in [6.45, 7) is 3.49. The fourth-order valence-corrected chi connectivity index (χ4v) is 0.527. The summed E-state index contributed by atoms with van der Waals surface area (Å²) in [6, 6.07) is 0. The van der Waals surface area contributed by atoms with Gasteiger partial charge in [0.25, 0.3) is 0 Å². The third-order valence-electron chi connectivity index (χ3n) is 1.04. The van der Waals surface area contributed by atoms with E-state index in [1.165, 1.54) is 6.08 Å². The number of allylic oxidation sites excluding steroid dienone is 6. The van der Waals surface area contributed by atoms with Crippen LogP contribution in [0.15, 0.2) is 36.0 Å². The van der Waals surface area contributed by atoms with Crippen LogP contribution in [0.25, 0.3) is 0 Å². The zero-order valence-electron chi connectivity index (χ0n) is 6.77. The fourth-order valence-electron chi connectivity index (χ4n) is 0.527. The number of halogens is 2. The van der Waals surface area contributed by atoms with E-state index in [1.54, 1.807) is 13.0 Å². The molecule has 0 N–H and O–H groups in total. The maximum Gasteiger partial charge on any atom is 0.158 e. The molecular formula is C9H12F2. The minimum atomic E-state index is -0.822. The van der Waals surface area contributed by atoms with Crippen molar-refractivity contribution >= 4 is 0 Å². The summed E-state index contributed by atoms with van der Waals surface area (Å²) in [5.41, 5.74) is 0. The second-order valence-corrected chi connectivity index (χ2v) is 2.01. The predicted molar refractivity (Wildman–Crippen MR) is 43.5 cm³/mol. The lowest BCUT2D eigenvalue weighted by molar-refractivity contribution is 0.572. The monoisotopic (exact) mass is 158 g/mol. The second kappa shape index (κ2) is 5.83. The molecule has 0 radical (unpaired) electrons. The van der Waals surface area contributed by atoms with Gasteiger partial charge in [-0.15, -0.1) is 0 Å². The van der Waals surface area contributed by atoms with E-state index >= 15 is 0 Å². The van der Waals surface area contributed by atoms with Gasteiger partial charge in [0.2, 0.25) is 0 Å². The van der Waals surface area contributed by atoms with Crippen LogP contribution in [0.1, 0.15) is 20.3 Å². The van der Waals surface area contributed by atoms with E-state index < -0.39 is 11.7 Å². The first kappa shape index (κ1) is 10.1. The summed E-state index contributed by atoms with van der Waals surface area (Å²) in [5.74, 6) is -1.64. The van der Waals surface area contributed by atoms with Gasteiger partial charge in [-0.3, -0.25) is 0 Å². The minimum Gasteiger partial charge on any atom is -0.204 e. The molecule has 0 aromatic rings. The van der Waals surface area contributed by atoms with Crippen molar-refractivity contribution in [1.82, 2.24) is 0 Å². The van der Waals surface area contributed by atoms with Gasteiger partial charge in [0.1, 0.15) is 0 Å². The average Bonchev–Trinajstić information content (AvgIpc) is 2.00. The number of hydrogen-bond donors (Lipinski definition) is 0. The molecule has 0 saturated carbocycles. The topological polar surface area (TPSA) is 0 Å². The molecule has 0 unspecified atom stereocenters. The molecule has 0 aliphatic rings. The van der Waals surface area contributed by atoms with Gasteiger partial charge in [-0.05, 0) is 25.5 Å². The largest absolute Gasteiger partial charge is 0.204 e. The van der Waals surface area contributed by atoms with Crippen LogP contribution in [0.4, 0.5) is 8.78 Å². The number of rotatable bonds is 3. The quantitative estimate of drug-likeness (QED) is 0.549. The smallest absolute Gasteiger partial charge is 0.158 e. The van der Waals surface area contributed by atoms with Crippen molar-refractivity contribution in [3.8, 4) is 0 Å². The van der Waals surface area contributed by atoms with E-state index in [2.05, 4.69) is 0 Å². The average molecular weight is 158 g/mol. The van der Waals surface area contributed by atoms with Gasteiger partial charge in [-0.2, -0.15) is 0 Å². The highest BCUT2D eigenvalue weighted by Crippen LogP contribution is 2.10. The van der Waals surface area contributed by atoms with Crippen molar-refractivity contribution in [2.45, 2.75) is 20.3 Å². The van der Waals surface area contributed by atoms with Crippen molar-refractivity contribution in [2.24, 2.45) is 0 Å². The molecule has 0 nitrogen and oxygen atoms in total. The Balaban J connectivity index is 4.27. The lowest BCUT2D eigenvalue weighted by Crippen LogP contribution is -1.71. The molecule has 0 aromatic carbocycles. The van der Waals surface area contributed by atoms with E-state index in [-0.39, 0.29) is 0 Å². The molecule has 2 heteroatoms. The Bertz CT molecular complexity index is 188. The first-order valence-electron chi connectivity index (χ1n) is 3.56. The third-order valence-corrected chi connectivity index (χ3v) is 1.04. The van der Waals surface area contributed by atoms with Gasteiger partial charge in [0.05, 0.1) is 0 Å². The van der Waals surface area contributed by atoms with Crippen LogP contribution >= 0.6 is 0 Å². The Morgan fingerprint density at radius 1 is 1.18 bits per heavy atom. The van der Waals surface area contributed by atoms with E-state index in [0.717, 1.165) is 12.2 Å². The van der Waals surface area contributed by atoms with Crippen LogP contribution in [0.2, 0.25) is 0 Å². The molecule has 0 aromatic heterocycles.